The van der Waals surface area contributed by atoms with Crippen LogP contribution < -0.4 is 9.80 Å². The highest BCUT2D eigenvalue weighted by Crippen LogP contribution is 2.66. The summed E-state index contributed by atoms with van der Waals surface area (Å²) in [6.45, 7) is 0. The Morgan fingerprint density at radius 2 is 0.493 bits per heavy atom. The summed E-state index contributed by atoms with van der Waals surface area (Å²) in [4.78, 5) is 4.96. The van der Waals surface area contributed by atoms with Crippen LogP contribution >= 0.6 is 0 Å². The van der Waals surface area contributed by atoms with E-state index in [-0.39, 0.29) is 0 Å². The minimum Gasteiger partial charge on any atom is -0.310 e. The first-order chi connectivity index (χ1) is 37.2. The van der Waals surface area contributed by atoms with Crippen LogP contribution in [0.4, 0.5) is 34.1 Å². The van der Waals surface area contributed by atoms with Gasteiger partial charge in [0.1, 0.15) is 0 Å². The van der Waals surface area contributed by atoms with Crippen LogP contribution in [0.1, 0.15) is 22.3 Å². The van der Waals surface area contributed by atoms with Gasteiger partial charge in [-0.25, -0.2) is 0 Å². The van der Waals surface area contributed by atoms with Crippen molar-refractivity contribution in [2.45, 2.75) is 5.41 Å². The quantitative estimate of drug-likeness (QED) is 0.135. The first-order valence-corrected chi connectivity index (χ1v) is 25.9. The zero-order chi connectivity index (χ0) is 49.7. The van der Waals surface area contributed by atoms with Gasteiger partial charge in [-0.15, -0.1) is 0 Å². The second-order valence-corrected chi connectivity index (χ2v) is 19.6. The largest absolute Gasteiger partial charge is 0.310 e. The molecule has 12 aromatic carbocycles. The van der Waals surface area contributed by atoms with E-state index in [0.717, 1.165) is 34.1 Å². The van der Waals surface area contributed by atoms with E-state index in [1.807, 2.05) is 0 Å². The van der Waals surface area contributed by atoms with Crippen molar-refractivity contribution in [2.24, 2.45) is 0 Å². The second-order valence-electron chi connectivity index (χ2n) is 19.6. The molecule has 0 saturated heterocycles. The summed E-state index contributed by atoms with van der Waals surface area (Å²) in [5.41, 5.74) is 25.6. The monoisotopic (exact) mass is 954 g/mol. The van der Waals surface area contributed by atoms with Crippen molar-refractivity contribution in [3.63, 3.8) is 0 Å². The van der Waals surface area contributed by atoms with Crippen molar-refractivity contribution in [1.82, 2.24) is 0 Å². The van der Waals surface area contributed by atoms with Crippen LogP contribution in [0.5, 0.6) is 0 Å². The zero-order valence-electron chi connectivity index (χ0n) is 41.3. The Kier molecular flexibility index (Phi) is 10.8. The van der Waals surface area contributed by atoms with Crippen LogP contribution in [0.2, 0.25) is 0 Å². The van der Waals surface area contributed by atoms with Gasteiger partial charge in [-0.05, 0) is 139 Å². The maximum absolute atomic E-state index is 2.48. The minimum absolute atomic E-state index is 0.618. The third-order valence-electron chi connectivity index (χ3n) is 15.5. The summed E-state index contributed by atoms with van der Waals surface area (Å²) in [6.07, 6.45) is 0. The summed E-state index contributed by atoms with van der Waals surface area (Å²) in [5.74, 6) is 0. The summed E-state index contributed by atoms with van der Waals surface area (Å²) < 4.78 is 0. The molecule has 2 aliphatic rings. The number of benzene rings is 12. The molecule has 0 heterocycles. The highest BCUT2D eigenvalue weighted by molar-refractivity contribution is 6.04. The van der Waals surface area contributed by atoms with Gasteiger partial charge in [-0.2, -0.15) is 0 Å². The van der Waals surface area contributed by atoms with E-state index in [1.54, 1.807) is 0 Å². The fourth-order valence-corrected chi connectivity index (χ4v) is 12.2. The van der Waals surface area contributed by atoms with Crippen LogP contribution in [-0.4, -0.2) is 0 Å². The Morgan fingerprint density at radius 3 is 0.880 bits per heavy atom. The molecule has 2 nitrogen and oxygen atoms in total. The lowest BCUT2D eigenvalue weighted by Gasteiger charge is -2.33. The minimum atomic E-state index is -0.618. The van der Waals surface area contributed by atoms with Gasteiger partial charge in [-0.3, -0.25) is 0 Å². The molecule has 2 heteroatoms. The Labute approximate surface area is 439 Å². The maximum atomic E-state index is 2.48. The molecular weight excluding hydrogens is 905 g/mol. The molecule has 0 radical (unpaired) electrons. The third kappa shape index (κ3) is 7.33. The number of anilines is 6. The fourth-order valence-electron chi connectivity index (χ4n) is 12.2. The predicted molar refractivity (Wildman–Crippen MR) is 314 cm³/mol. The molecule has 0 aliphatic heterocycles. The predicted octanol–water partition coefficient (Wildman–Crippen LogP) is 19.6. The number of rotatable bonds is 10. The molecule has 75 heavy (non-hydrogen) atoms. The highest BCUT2D eigenvalue weighted by Gasteiger charge is 2.53. The van der Waals surface area contributed by atoms with Gasteiger partial charge >= 0.3 is 0 Å². The molecular formula is C73H50N2. The van der Waals surface area contributed by atoms with E-state index in [2.05, 4.69) is 313 Å². The lowest BCUT2D eigenvalue weighted by molar-refractivity contribution is 0.793. The Hall–Kier alpha value is -9.76. The van der Waals surface area contributed by atoms with E-state index in [4.69, 9.17) is 0 Å². The maximum Gasteiger partial charge on any atom is 0.0727 e. The number of nitrogens with zero attached hydrogens (tertiary/aromatic N) is 2. The molecule has 14 rings (SSSR count). The molecule has 352 valence electrons. The van der Waals surface area contributed by atoms with E-state index in [1.165, 1.54) is 89.0 Å². The van der Waals surface area contributed by atoms with Crippen molar-refractivity contribution in [3.05, 3.63) is 326 Å². The van der Waals surface area contributed by atoms with Crippen LogP contribution in [0.15, 0.2) is 303 Å². The molecule has 0 fully saturated rings. The van der Waals surface area contributed by atoms with Crippen LogP contribution in [0, 0.1) is 0 Å². The summed E-state index contributed by atoms with van der Waals surface area (Å²) >= 11 is 0. The molecule has 0 atom stereocenters. The number of hydrogen-bond donors (Lipinski definition) is 0. The Morgan fingerprint density at radius 1 is 0.200 bits per heavy atom. The first kappa shape index (κ1) is 44.0. The van der Waals surface area contributed by atoms with Crippen LogP contribution in [-0.2, 0) is 5.41 Å². The van der Waals surface area contributed by atoms with Crippen molar-refractivity contribution in [3.8, 4) is 66.8 Å². The molecule has 0 N–H and O–H groups in total. The molecule has 0 saturated carbocycles. The molecule has 0 amide bonds. The van der Waals surface area contributed by atoms with Gasteiger partial charge in [0, 0.05) is 33.9 Å². The fraction of sp³-hybridized carbons (Fsp3) is 0.0137. The number of fused-ring (bicyclic) bond motifs is 10. The molecule has 0 unspecified atom stereocenters. The zero-order valence-corrected chi connectivity index (χ0v) is 41.3. The molecule has 2 aliphatic carbocycles. The lowest BCUT2D eigenvalue weighted by Crippen LogP contribution is -2.26. The third-order valence-corrected chi connectivity index (χ3v) is 15.5. The SMILES string of the molecule is c1ccc(-c2ccc(N(c3cccc(-c4ccccc4)c3)c3cccc4c3-c3ccccc3C43c4ccccc4-c4c(N(c5ccc(-c6ccccc6)cc5)c5cccc(-c6ccccc6)c5)cccc43)cc2)cc1. The standard InChI is InChI=1S/C73H50N2/c1-5-21-51(22-6-1)55-41-45-59(46-42-55)74(61-31-17-29-57(49-61)53-25-9-3-10-26-53)69-39-19-37-67-71(69)63-33-13-15-35-65(63)73(67)66-36-16-14-34-64(66)72-68(73)38-20-40-70(72)75(60-47-43-56(44-48-60)52-23-7-2-8-24-52)62-32-18-30-58(50-62)54-27-11-4-12-28-54/h1-50H. The van der Waals surface area contributed by atoms with E-state index >= 15 is 0 Å². The van der Waals surface area contributed by atoms with Gasteiger partial charge in [0.25, 0.3) is 0 Å². The van der Waals surface area contributed by atoms with Gasteiger partial charge in [0.05, 0.1) is 16.8 Å². The van der Waals surface area contributed by atoms with E-state index < -0.39 is 5.41 Å². The topological polar surface area (TPSA) is 6.48 Å². The molecule has 0 bridgehead atoms. The normalized spacial score (nSPS) is 12.4. The van der Waals surface area contributed by atoms with Crippen molar-refractivity contribution in [1.29, 1.82) is 0 Å². The Balaban J connectivity index is 0.996. The van der Waals surface area contributed by atoms with Gasteiger partial charge in [0.2, 0.25) is 0 Å². The second kappa shape index (κ2) is 18.4. The average molecular weight is 955 g/mol. The first-order valence-electron chi connectivity index (χ1n) is 25.9. The molecule has 1 spiro atoms. The van der Waals surface area contributed by atoms with Crippen molar-refractivity contribution < 1.29 is 0 Å². The van der Waals surface area contributed by atoms with E-state index in [0.29, 0.717) is 0 Å². The lowest BCUT2D eigenvalue weighted by atomic mass is 9.70. The van der Waals surface area contributed by atoms with Crippen molar-refractivity contribution in [2.75, 3.05) is 9.80 Å². The summed E-state index contributed by atoms with van der Waals surface area (Å²) in [6, 6.07) is 111. The van der Waals surface area contributed by atoms with Gasteiger partial charge in [-0.1, -0.05) is 243 Å². The summed E-state index contributed by atoms with van der Waals surface area (Å²) in [5, 5.41) is 0. The average Bonchev–Trinajstić information content (AvgIpc) is 4.18. The Bertz CT molecular complexity index is 3770. The molecule has 0 aromatic heterocycles. The van der Waals surface area contributed by atoms with Crippen molar-refractivity contribution >= 4 is 34.1 Å². The van der Waals surface area contributed by atoms with Crippen LogP contribution in [0.25, 0.3) is 66.8 Å². The molecule has 12 aromatic rings. The van der Waals surface area contributed by atoms with Gasteiger partial charge < -0.3 is 9.80 Å². The number of hydrogen-bond acceptors (Lipinski definition) is 2. The highest BCUT2D eigenvalue weighted by atomic mass is 15.2. The van der Waals surface area contributed by atoms with E-state index in [9.17, 15) is 0 Å². The van der Waals surface area contributed by atoms with Gasteiger partial charge in [0.15, 0.2) is 0 Å². The smallest absolute Gasteiger partial charge is 0.0727 e. The summed E-state index contributed by atoms with van der Waals surface area (Å²) in [7, 11) is 0. The van der Waals surface area contributed by atoms with Crippen LogP contribution in [0.3, 0.4) is 0 Å².